The Labute approximate surface area is 72.2 Å². The Bertz CT molecular complexity index is 199. The molecule has 3 nitrogen and oxygen atoms in total. The van der Waals surface area contributed by atoms with Crippen LogP contribution in [0.2, 0.25) is 0 Å². The van der Waals surface area contributed by atoms with Crippen molar-refractivity contribution in [2.45, 2.75) is 38.1 Å². The van der Waals surface area contributed by atoms with E-state index >= 15 is 0 Å². The highest BCUT2D eigenvalue weighted by molar-refractivity contribution is 5.67. The third kappa shape index (κ3) is 1.33. The van der Waals surface area contributed by atoms with E-state index in [4.69, 9.17) is 5.11 Å². The summed E-state index contributed by atoms with van der Waals surface area (Å²) in [6.07, 6.45) is 5.31. The van der Waals surface area contributed by atoms with Crippen LogP contribution in [0, 0.1) is 5.41 Å². The number of aliphatic carboxylic acids is 1. The smallest absolute Gasteiger partial charge is 0.304 e. The Morgan fingerprint density at radius 3 is 2.75 bits per heavy atom. The normalized spacial score (nSPS) is 31.8. The molecule has 2 aliphatic rings. The van der Waals surface area contributed by atoms with Gasteiger partial charge in [-0.05, 0) is 24.7 Å². The number of rotatable bonds is 2. The lowest BCUT2D eigenvalue weighted by molar-refractivity contribution is -0.137. The van der Waals surface area contributed by atoms with Crippen LogP contribution in [0.25, 0.3) is 0 Å². The number of carboxylic acids is 1. The summed E-state index contributed by atoms with van der Waals surface area (Å²) in [7, 11) is 0. The lowest BCUT2D eigenvalue weighted by Crippen LogP contribution is -2.31. The molecule has 0 aromatic rings. The number of carbonyl (C=O) groups is 1. The molecule has 1 saturated heterocycles. The van der Waals surface area contributed by atoms with Crippen molar-refractivity contribution >= 4 is 5.97 Å². The highest BCUT2D eigenvalue weighted by Crippen LogP contribution is 2.47. The fourth-order valence-corrected chi connectivity index (χ4v) is 2.44. The van der Waals surface area contributed by atoms with Gasteiger partial charge >= 0.3 is 5.97 Å². The second-order valence-electron chi connectivity index (χ2n) is 4.23. The predicted molar refractivity (Wildman–Crippen MR) is 44.9 cm³/mol. The first-order valence-corrected chi connectivity index (χ1v) is 4.65. The van der Waals surface area contributed by atoms with E-state index in [1.54, 1.807) is 0 Å². The van der Waals surface area contributed by atoms with Gasteiger partial charge in [-0.25, -0.2) is 0 Å². The molecule has 1 spiro atoms. The molecule has 1 saturated carbocycles. The van der Waals surface area contributed by atoms with E-state index in [1.807, 2.05) is 0 Å². The van der Waals surface area contributed by atoms with Gasteiger partial charge in [0.1, 0.15) is 0 Å². The van der Waals surface area contributed by atoms with Crippen LogP contribution in [0.4, 0.5) is 0 Å². The molecule has 68 valence electrons. The first-order chi connectivity index (χ1) is 5.70. The molecule has 2 N–H and O–H groups in total. The van der Waals surface area contributed by atoms with Crippen LogP contribution in [0.1, 0.15) is 32.1 Å². The molecular formula is C9H15NO2. The lowest BCUT2D eigenvalue weighted by atomic mass is 9.67. The van der Waals surface area contributed by atoms with Crippen molar-refractivity contribution in [3.8, 4) is 0 Å². The van der Waals surface area contributed by atoms with Gasteiger partial charge < -0.3 is 10.4 Å². The lowest BCUT2D eigenvalue weighted by Gasteiger charge is -2.37. The molecule has 12 heavy (non-hydrogen) atoms. The van der Waals surface area contributed by atoms with Crippen LogP contribution < -0.4 is 5.32 Å². The minimum Gasteiger partial charge on any atom is -0.481 e. The molecule has 2 rings (SSSR count). The second kappa shape index (κ2) is 2.73. The minimum absolute atomic E-state index is 0.239. The second-order valence-corrected chi connectivity index (χ2v) is 4.23. The van der Waals surface area contributed by atoms with Crippen LogP contribution in [0.5, 0.6) is 0 Å². The summed E-state index contributed by atoms with van der Waals surface area (Å²) < 4.78 is 0. The van der Waals surface area contributed by atoms with Gasteiger partial charge in [0, 0.05) is 12.6 Å². The van der Waals surface area contributed by atoms with Crippen molar-refractivity contribution in [1.29, 1.82) is 0 Å². The van der Waals surface area contributed by atoms with Gasteiger partial charge in [-0.3, -0.25) is 4.79 Å². The Kier molecular flexibility index (Phi) is 1.83. The molecule has 0 radical (unpaired) electrons. The van der Waals surface area contributed by atoms with E-state index in [1.165, 1.54) is 19.3 Å². The zero-order chi connectivity index (χ0) is 8.60. The van der Waals surface area contributed by atoms with Crippen molar-refractivity contribution in [2.24, 2.45) is 5.41 Å². The number of nitrogens with one attached hydrogen (secondary N) is 1. The summed E-state index contributed by atoms with van der Waals surface area (Å²) in [5.74, 6) is -0.677. The summed E-state index contributed by atoms with van der Waals surface area (Å²) >= 11 is 0. The van der Waals surface area contributed by atoms with Crippen LogP contribution in [0.15, 0.2) is 0 Å². The molecule has 0 bridgehead atoms. The predicted octanol–water partition coefficient (Wildman–Crippen LogP) is 0.993. The van der Waals surface area contributed by atoms with E-state index in [-0.39, 0.29) is 6.04 Å². The largest absolute Gasteiger partial charge is 0.481 e. The SMILES string of the molecule is O=C(O)CC1CC2(CCC2)CN1. The Morgan fingerprint density at radius 2 is 2.33 bits per heavy atom. The highest BCUT2D eigenvalue weighted by atomic mass is 16.4. The molecule has 1 aliphatic carbocycles. The Morgan fingerprint density at radius 1 is 1.58 bits per heavy atom. The van der Waals surface area contributed by atoms with Crippen LogP contribution in [-0.4, -0.2) is 23.7 Å². The summed E-state index contributed by atoms with van der Waals surface area (Å²) in [5.41, 5.74) is 0.500. The molecule has 1 heterocycles. The highest BCUT2D eigenvalue weighted by Gasteiger charge is 2.43. The molecule has 3 heteroatoms. The van der Waals surface area contributed by atoms with Gasteiger partial charge in [0.2, 0.25) is 0 Å². The van der Waals surface area contributed by atoms with Gasteiger partial charge in [-0.2, -0.15) is 0 Å². The maximum atomic E-state index is 10.4. The quantitative estimate of drug-likeness (QED) is 0.648. The van der Waals surface area contributed by atoms with Gasteiger partial charge in [0.05, 0.1) is 6.42 Å². The van der Waals surface area contributed by atoms with E-state index in [0.717, 1.165) is 13.0 Å². The Balaban J connectivity index is 1.85. The molecule has 0 amide bonds. The fraction of sp³-hybridized carbons (Fsp3) is 0.889. The van der Waals surface area contributed by atoms with Crippen LogP contribution in [0.3, 0.4) is 0 Å². The maximum Gasteiger partial charge on any atom is 0.304 e. The Hall–Kier alpha value is -0.570. The van der Waals surface area contributed by atoms with Gasteiger partial charge in [-0.15, -0.1) is 0 Å². The molecule has 1 atom stereocenters. The van der Waals surface area contributed by atoms with Crippen molar-refractivity contribution in [1.82, 2.24) is 5.32 Å². The monoisotopic (exact) mass is 169 g/mol. The van der Waals surface area contributed by atoms with E-state index in [0.29, 0.717) is 11.8 Å². The summed E-state index contributed by atoms with van der Waals surface area (Å²) in [4.78, 5) is 10.4. The van der Waals surface area contributed by atoms with Crippen molar-refractivity contribution in [3.05, 3.63) is 0 Å². The minimum atomic E-state index is -0.677. The standard InChI is InChI=1S/C9H15NO2/c11-8(12)4-7-5-9(6-10-7)2-1-3-9/h7,10H,1-6H2,(H,11,12). The molecule has 0 aromatic heterocycles. The first kappa shape index (κ1) is 8.05. The zero-order valence-corrected chi connectivity index (χ0v) is 7.18. The first-order valence-electron chi connectivity index (χ1n) is 4.65. The number of carboxylic acid groups (broad SMARTS) is 1. The molecule has 0 aromatic carbocycles. The van der Waals surface area contributed by atoms with E-state index < -0.39 is 5.97 Å². The summed E-state index contributed by atoms with van der Waals surface area (Å²) in [6.45, 7) is 1.05. The van der Waals surface area contributed by atoms with Gasteiger partial charge in [0.15, 0.2) is 0 Å². The van der Waals surface area contributed by atoms with Crippen molar-refractivity contribution in [3.63, 3.8) is 0 Å². The zero-order valence-electron chi connectivity index (χ0n) is 7.18. The molecule has 2 fully saturated rings. The van der Waals surface area contributed by atoms with Gasteiger partial charge in [-0.1, -0.05) is 6.42 Å². The summed E-state index contributed by atoms with van der Waals surface area (Å²) in [5, 5.41) is 11.9. The molecule has 1 aliphatic heterocycles. The van der Waals surface area contributed by atoms with E-state index in [9.17, 15) is 4.79 Å². The van der Waals surface area contributed by atoms with E-state index in [2.05, 4.69) is 5.32 Å². The van der Waals surface area contributed by atoms with Crippen LogP contribution >= 0.6 is 0 Å². The average Bonchev–Trinajstić information content (AvgIpc) is 2.29. The van der Waals surface area contributed by atoms with Crippen molar-refractivity contribution in [2.75, 3.05) is 6.54 Å². The number of hydrogen-bond acceptors (Lipinski definition) is 2. The maximum absolute atomic E-state index is 10.4. The molecule has 1 unspecified atom stereocenters. The van der Waals surface area contributed by atoms with Gasteiger partial charge in [0.25, 0.3) is 0 Å². The summed E-state index contributed by atoms with van der Waals surface area (Å²) in [6, 6.07) is 0.239. The third-order valence-electron chi connectivity index (χ3n) is 3.28. The topological polar surface area (TPSA) is 49.3 Å². The molecular weight excluding hydrogens is 154 g/mol. The van der Waals surface area contributed by atoms with Crippen LogP contribution in [-0.2, 0) is 4.79 Å². The third-order valence-corrected chi connectivity index (χ3v) is 3.28. The average molecular weight is 169 g/mol. The van der Waals surface area contributed by atoms with Crippen molar-refractivity contribution < 1.29 is 9.90 Å². The fourth-order valence-electron chi connectivity index (χ4n) is 2.44. The number of hydrogen-bond donors (Lipinski definition) is 2.